The summed E-state index contributed by atoms with van der Waals surface area (Å²) in [5.41, 5.74) is 0.274. The summed E-state index contributed by atoms with van der Waals surface area (Å²) in [6, 6.07) is 3.39. The molecule has 0 bridgehead atoms. The van der Waals surface area contributed by atoms with Gasteiger partial charge in [-0.1, -0.05) is 0 Å². The molecule has 0 radical (unpaired) electrons. The highest BCUT2D eigenvalue weighted by molar-refractivity contribution is 7.91. The summed E-state index contributed by atoms with van der Waals surface area (Å²) in [5.74, 6) is -1.05. The van der Waals surface area contributed by atoms with Gasteiger partial charge in [0.15, 0.2) is 9.84 Å². The maximum atomic E-state index is 12.3. The predicted molar refractivity (Wildman–Crippen MR) is 91.8 cm³/mol. The fourth-order valence-corrected chi connectivity index (χ4v) is 4.76. The second-order valence-electron chi connectivity index (χ2n) is 5.76. The molecular formula is C15H14F3N3O4S2. The SMILES string of the molecule is CS(=O)(=O)c1csc(-c2nn(CCCC(F)(F)F)c(=O)o2)c1-n1cccc1. The van der Waals surface area contributed by atoms with Crippen LogP contribution in [-0.2, 0) is 16.4 Å². The number of aromatic nitrogens is 3. The Kier molecular flexibility index (Phi) is 5.04. The van der Waals surface area contributed by atoms with Crippen molar-refractivity contribution in [3.8, 4) is 16.5 Å². The molecule has 0 N–H and O–H groups in total. The largest absolute Gasteiger partial charge is 0.437 e. The number of aryl methyl sites for hydroxylation is 1. The van der Waals surface area contributed by atoms with Crippen molar-refractivity contribution in [2.24, 2.45) is 0 Å². The van der Waals surface area contributed by atoms with Gasteiger partial charge in [0.1, 0.15) is 9.77 Å². The second kappa shape index (κ2) is 7.00. The van der Waals surface area contributed by atoms with Gasteiger partial charge in [0, 0.05) is 37.0 Å². The van der Waals surface area contributed by atoms with Crippen LogP contribution >= 0.6 is 11.3 Å². The number of hydrogen-bond acceptors (Lipinski definition) is 6. The molecule has 0 unspecified atom stereocenters. The molecule has 3 aromatic heterocycles. The fraction of sp³-hybridized carbons (Fsp3) is 0.333. The Bertz CT molecular complexity index is 1090. The molecule has 0 spiro atoms. The minimum Gasteiger partial charge on any atom is -0.387 e. The van der Waals surface area contributed by atoms with E-state index in [0.29, 0.717) is 4.88 Å². The van der Waals surface area contributed by atoms with E-state index in [0.717, 1.165) is 22.3 Å². The van der Waals surface area contributed by atoms with Crippen molar-refractivity contribution in [2.75, 3.05) is 6.26 Å². The highest BCUT2D eigenvalue weighted by Gasteiger charge is 2.27. The van der Waals surface area contributed by atoms with Crippen LogP contribution in [0.4, 0.5) is 13.2 Å². The van der Waals surface area contributed by atoms with Crippen molar-refractivity contribution < 1.29 is 26.0 Å². The van der Waals surface area contributed by atoms with E-state index in [9.17, 15) is 26.4 Å². The first kappa shape index (κ1) is 19.4. The quantitative estimate of drug-likeness (QED) is 0.610. The standard InChI is InChI=1S/C15H14F3N3O4S2/c1-27(23,24)10-9-26-12(11(10)20-6-2-3-7-20)13-19-21(14(22)25-13)8-4-5-15(16,17)18/h2-3,6-7,9H,4-5,8H2,1H3. The van der Waals surface area contributed by atoms with Crippen molar-refractivity contribution >= 4 is 21.2 Å². The van der Waals surface area contributed by atoms with Gasteiger partial charge in [0.2, 0.25) is 0 Å². The number of thiophene rings is 1. The van der Waals surface area contributed by atoms with E-state index in [2.05, 4.69) is 5.10 Å². The Morgan fingerprint density at radius 2 is 1.93 bits per heavy atom. The first-order valence-electron chi connectivity index (χ1n) is 7.66. The molecular weight excluding hydrogens is 407 g/mol. The minimum absolute atomic E-state index is 0.0352. The van der Waals surface area contributed by atoms with Crippen LogP contribution < -0.4 is 5.76 Å². The summed E-state index contributed by atoms with van der Waals surface area (Å²) in [6.07, 6.45) is -1.39. The lowest BCUT2D eigenvalue weighted by molar-refractivity contribution is -0.136. The molecule has 0 saturated carbocycles. The first-order valence-corrected chi connectivity index (χ1v) is 10.4. The zero-order valence-corrected chi connectivity index (χ0v) is 15.6. The minimum atomic E-state index is -4.32. The van der Waals surface area contributed by atoms with Gasteiger partial charge in [0.05, 0.1) is 5.69 Å². The Labute approximate surface area is 155 Å². The van der Waals surface area contributed by atoms with Crippen LogP contribution in [0, 0.1) is 0 Å². The summed E-state index contributed by atoms with van der Waals surface area (Å²) in [5, 5.41) is 5.34. The second-order valence-corrected chi connectivity index (χ2v) is 8.62. The number of sulfone groups is 1. The van der Waals surface area contributed by atoms with Crippen molar-refractivity contribution in [3.63, 3.8) is 0 Å². The number of rotatable bonds is 6. The molecule has 0 saturated heterocycles. The molecule has 0 aliphatic rings. The highest BCUT2D eigenvalue weighted by atomic mass is 32.2. The Morgan fingerprint density at radius 1 is 1.26 bits per heavy atom. The molecule has 0 aromatic carbocycles. The fourth-order valence-electron chi connectivity index (χ4n) is 2.45. The lowest BCUT2D eigenvalue weighted by atomic mass is 10.3. The molecule has 3 aromatic rings. The third-order valence-corrected chi connectivity index (χ3v) is 5.84. The van der Waals surface area contributed by atoms with Gasteiger partial charge in [-0.3, -0.25) is 0 Å². The zero-order valence-electron chi connectivity index (χ0n) is 13.9. The van der Waals surface area contributed by atoms with Crippen LogP contribution in [0.2, 0.25) is 0 Å². The number of alkyl halides is 3. The summed E-state index contributed by atoms with van der Waals surface area (Å²) in [7, 11) is -3.57. The van der Waals surface area contributed by atoms with Crippen LogP contribution in [0.15, 0.2) is 44.0 Å². The first-order chi connectivity index (χ1) is 12.6. The summed E-state index contributed by atoms with van der Waals surface area (Å²) in [6.45, 7) is -0.259. The van der Waals surface area contributed by atoms with Crippen LogP contribution in [0.5, 0.6) is 0 Å². The van der Waals surface area contributed by atoms with Crippen molar-refractivity contribution in [2.45, 2.75) is 30.5 Å². The van der Waals surface area contributed by atoms with Crippen LogP contribution in [0.3, 0.4) is 0 Å². The Morgan fingerprint density at radius 3 is 2.52 bits per heavy atom. The van der Waals surface area contributed by atoms with Gasteiger partial charge < -0.3 is 8.98 Å². The summed E-state index contributed by atoms with van der Waals surface area (Å²) in [4.78, 5) is 12.2. The van der Waals surface area contributed by atoms with Gasteiger partial charge in [0.25, 0.3) is 5.89 Å². The van der Waals surface area contributed by atoms with E-state index in [1.54, 1.807) is 29.1 Å². The average Bonchev–Trinajstić information content (AvgIpc) is 3.23. The smallest absolute Gasteiger partial charge is 0.387 e. The highest BCUT2D eigenvalue weighted by Crippen LogP contribution is 2.37. The summed E-state index contributed by atoms with van der Waals surface area (Å²) >= 11 is 1.02. The third kappa shape index (κ3) is 4.33. The topological polar surface area (TPSA) is 87.1 Å². The van der Waals surface area contributed by atoms with Gasteiger partial charge in [-0.2, -0.15) is 17.9 Å². The Balaban J connectivity index is 2.00. The monoisotopic (exact) mass is 421 g/mol. The lowest BCUT2D eigenvalue weighted by Gasteiger charge is -2.06. The van der Waals surface area contributed by atoms with Gasteiger partial charge in [-0.25, -0.2) is 13.2 Å². The third-order valence-electron chi connectivity index (χ3n) is 3.63. The van der Waals surface area contributed by atoms with E-state index in [1.165, 1.54) is 5.38 Å². The molecule has 3 heterocycles. The van der Waals surface area contributed by atoms with E-state index >= 15 is 0 Å². The van der Waals surface area contributed by atoms with Gasteiger partial charge >= 0.3 is 11.9 Å². The molecule has 0 fully saturated rings. The zero-order chi connectivity index (χ0) is 19.8. The van der Waals surface area contributed by atoms with Gasteiger partial charge in [-0.15, -0.1) is 16.4 Å². The van der Waals surface area contributed by atoms with Crippen molar-refractivity contribution in [1.29, 1.82) is 0 Å². The molecule has 0 amide bonds. The van der Waals surface area contributed by atoms with Crippen LogP contribution in [0.25, 0.3) is 16.5 Å². The molecule has 12 heteroatoms. The normalized spacial score (nSPS) is 12.6. The molecule has 146 valence electrons. The molecule has 3 rings (SSSR count). The van der Waals surface area contributed by atoms with Crippen molar-refractivity contribution in [3.05, 3.63) is 40.5 Å². The van der Waals surface area contributed by atoms with E-state index in [4.69, 9.17) is 4.42 Å². The van der Waals surface area contributed by atoms with Crippen LogP contribution in [-0.4, -0.2) is 35.2 Å². The molecule has 27 heavy (non-hydrogen) atoms. The van der Waals surface area contributed by atoms with Crippen LogP contribution in [0.1, 0.15) is 12.8 Å². The Hall–Kier alpha value is -2.34. The lowest BCUT2D eigenvalue weighted by Crippen LogP contribution is -2.17. The summed E-state index contributed by atoms with van der Waals surface area (Å²) < 4.78 is 68.4. The van der Waals surface area contributed by atoms with Crippen molar-refractivity contribution in [1.82, 2.24) is 14.3 Å². The molecule has 7 nitrogen and oxygen atoms in total. The molecule has 0 aliphatic heterocycles. The average molecular weight is 421 g/mol. The maximum Gasteiger partial charge on any atom is 0.437 e. The van der Waals surface area contributed by atoms with E-state index in [1.807, 2.05) is 0 Å². The maximum absolute atomic E-state index is 12.3. The molecule has 0 aliphatic carbocycles. The predicted octanol–water partition coefficient (Wildman–Crippen LogP) is 3.10. The number of halogens is 3. The van der Waals surface area contributed by atoms with E-state index < -0.39 is 28.2 Å². The number of nitrogens with zero attached hydrogens (tertiary/aromatic N) is 3. The van der Waals surface area contributed by atoms with E-state index in [-0.39, 0.29) is 29.4 Å². The number of hydrogen-bond donors (Lipinski definition) is 0. The van der Waals surface area contributed by atoms with Gasteiger partial charge in [-0.05, 0) is 18.6 Å². The molecule has 0 atom stereocenters.